The number of aliphatic hydroxyl groups is 1. The van der Waals surface area contributed by atoms with Gasteiger partial charge in [0.25, 0.3) is 5.91 Å². The van der Waals surface area contributed by atoms with E-state index in [-0.39, 0.29) is 24.3 Å². The van der Waals surface area contributed by atoms with Gasteiger partial charge in [-0.3, -0.25) is 19.0 Å². The van der Waals surface area contributed by atoms with Gasteiger partial charge in [0.05, 0.1) is 18.5 Å². The molecular weight excluding hydrogens is 446 g/mol. The molecule has 1 atom stereocenters. The van der Waals surface area contributed by atoms with E-state index in [9.17, 15) is 14.7 Å². The molecule has 2 amide bonds. The first-order valence-electron chi connectivity index (χ1n) is 12.2. The van der Waals surface area contributed by atoms with Crippen LogP contribution in [-0.2, 0) is 25.0 Å². The van der Waals surface area contributed by atoms with Crippen molar-refractivity contribution in [3.63, 3.8) is 0 Å². The van der Waals surface area contributed by atoms with E-state index in [1.807, 2.05) is 13.0 Å². The molecule has 0 aliphatic heterocycles. The van der Waals surface area contributed by atoms with Crippen molar-refractivity contribution >= 4 is 17.6 Å². The third-order valence-corrected chi connectivity index (χ3v) is 6.66. The molecule has 10 nitrogen and oxygen atoms in total. The normalized spacial score (nSPS) is 15.4. The van der Waals surface area contributed by atoms with Crippen molar-refractivity contribution < 1.29 is 14.7 Å². The summed E-state index contributed by atoms with van der Waals surface area (Å²) in [6.07, 6.45) is 11.0. The molecule has 0 radical (unpaired) electrons. The number of hydrogen-bond acceptors (Lipinski definition) is 6. The van der Waals surface area contributed by atoms with Gasteiger partial charge in [-0.1, -0.05) is 25.7 Å². The highest BCUT2D eigenvalue weighted by Crippen LogP contribution is 2.27. The molecule has 1 aliphatic carbocycles. The summed E-state index contributed by atoms with van der Waals surface area (Å²) in [5, 5.41) is 23.8. The number of rotatable bonds is 8. The molecule has 4 rings (SSSR count). The standard InChI is InChI=1S/C25H33N7O3/c1-3-32-20(12-13-27-32)24(34)30-22(17-8-6-4-5-7-9-17)25(35)29-21-11-10-18(14-26-21)23-19(16-33)15-28-31(23)2/h10-15,17,22,33H,3-9,16H2,1-2H3,(H,30,34)(H,26,29,35). The number of pyridine rings is 1. The van der Waals surface area contributed by atoms with Crippen LogP contribution in [0.3, 0.4) is 0 Å². The second-order valence-electron chi connectivity index (χ2n) is 8.96. The van der Waals surface area contributed by atoms with Gasteiger partial charge in [-0.25, -0.2) is 4.98 Å². The highest BCUT2D eigenvalue weighted by molar-refractivity contribution is 6.00. The molecule has 3 heterocycles. The van der Waals surface area contributed by atoms with Crippen molar-refractivity contribution in [2.45, 2.75) is 64.6 Å². The molecule has 0 saturated heterocycles. The Kier molecular flexibility index (Phi) is 7.91. The first-order chi connectivity index (χ1) is 17.0. The lowest BCUT2D eigenvalue weighted by molar-refractivity contribution is -0.119. The molecule has 3 aromatic heterocycles. The lowest BCUT2D eigenvalue weighted by Crippen LogP contribution is -2.49. The molecule has 1 fully saturated rings. The fourth-order valence-electron chi connectivity index (χ4n) is 4.82. The van der Waals surface area contributed by atoms with Crippen LogP contribution in [0.25, 0.3) is 11.3 Å². The molecule has 3 aromatic rings. The molecule has 1 unspecified atom stereocenters. The minimum atomic E-state index is -0.666. The van der Waals surface area contributed by atoms with Crippen molar-refractivity contribution in [3.05, 3.63) is 48.0 Å². The lowest BCUT2D eigenvalue weighted by Gasteiger charge is -2.26. The summed E-state index contributed by atoms with van der Waals surface area (Å²) >= 11 is 0. The number of amides is 2. The van der Waals surface area contributed by atoms with Gasteiger partial charge in [-0.2, -0.15) is 10.2 Å². The number of nitrogens with zero attached hydrogens (tertiary/aromatic N) is 5. The zero-order valence-electron chi connectivity index (χ0n) is 20.3. The van der Waals surface area contributed by atoms with Crippen molar-refractivity contribution in [2.24, 2.45) is 13.0 Å². The van der Waals surface area contributed by atoms with Crippen LogP contribution in [0.5, 0.6) is 0 Å². The number of aromatic nitrogens is 5. The molecule has 1 saturated carbocycles. The molecule has 1 aliphatic rings. The van der Waals surface area contributed by atoms with Gasteiger partial charge < -0.3 is 15.7 Å². The Balaban J connectivity index is 1.52. The largest absolute Gasteiger partial charge is 0.392 e. The quantitative estimate of drug-likeness (QED) is 0.427. The van der Waals surface area contributed by atoms with Gasteiger partial charge in [0.1, 0.15) is 17.6 Å². The minimum Gasteiger partial charge on any atom is -0.392 e. The van der Waals surface area contributed by atoms with E-state index in [1.54, 1.807) is 47.1 Å². The second-order valence-corrected chi connectivity index (χ2v) is 8.96. The maximum atomic E-state index is 13.4. The minimum absolute atomic E-state index is 0.0558. The zero-order chi connectivity index (χ0) is 24.8. The number of carbonyl (C=O) groups is 2. The van der Waals surface area contributed by atoms with Crippen molar-refractivity contribution in [1.82, 2.24) is 29.9 Å². The maximum Gasteiger partial charge on any atom is 0.270 e. The smallest absolute Gasteiger partial charge is 0.270 e. The van der Waals surface area contributed by atoms with E-state index in [0.29, 0.717) is 23.6 Å². The predicted octanol–water partition coefficient (Wildman–Crippen LogP) is 2.90. The van der Waals surface area contributed by atoms with Gasteiger partial charge in [0.2, 0.25) is 5.91 Å². The lowest BCUT2D eigenvalue weighted by atomic mass is 9.91. The SMILES string of the molecule is CCn1nccc1C(=O)NC(C(=O)Nc1ccc(-c2c(CO)cnn2C)cn1)C1CCCCCC1. The van der Waals surface area contributed by atoms with Crippen LogP contribution >= 0.6 is 0 Å². The molecule has 0 aromatic carbocycles. The second kappa shape index (κ2) is 11.3. The Morgan fingerprint density at radius 2 is 1.89 bits per heavy atom. The summed E-state index contributed by atoms with van der Waals surface area (Å²) in [7, 11) is 1.80. The van der Waals surface area contributed by atoms with Crippen LogP contribution in [0, 0.1) is 5.92 Å². The number of hydrogen-bond donors (Lipinski definition) is 3. The predicted molar refractivity (Wildman–Crippen MR) is 131 cm³/mol. The van der Waals surface area contributed by atoms with E-state index in [1.165, 1.54) is 0 Å². The monoisotopic (exact) mass is 479 g/mol. The Morgan fingerprint density at radius 3 is 2.54 bits per heavy atom. The van der Waals surface area contributed by atoms with Crippen molar-refractivity contribution in [2.75, 3.05) is 5.32 Å². The molecule has 35 heavy (non-hydrogen) atoms. The van der Waals surface area contributed by atoms with Gasteiger partial charge in [-0.05, 0) is 43.9 Å². The molecule has 186 valence electrons. The average molecular weight is 480 g/mol. The Hall–Kier alpha value is -3.53. The van der Waals surface area contributed by atoms with Gasteiger partial charge >= 0.3 is 0 Å². The van der Waals surface area contributed by atoms with Crippen LogP contribution in [-0.4, -0.2) is 47.5 Å². The molecular formula is C25H33N7O3. The summed E-state index contributed by atoms with van der Waals surface area (Å²) in [4.78, 5) is 30.9. The van der Waals surface area contributed by atoms with Crippen LogP contribution in [0.2, 0.25) is 0 Å². The third-order valence-electron chi connectivity index (χ3n) is 6.66. The van der Waals surface area contributed by atoms with Gasteiger partial charge in [-0.15, -0.1) is 0 Å². The summed E-state index contributed by atoms with van der Waals surface area (Å²) in [5.74, 6) is -0.118. The van der Waals surface area contributed by atoms with Gasteiger partial charge in [0, 0.05) is 37.1 Å². The van der Waals surface area contributed by atoms with Crippen molar-refractivity contribution in [1.29, 1.82) is 0 Å². The highest BCUT2D eigenvalue weighted by atomic mass is 16.3. The van der Waals surface area contributed by atoms with Crippen molar-refractivity contribution in [3.8, 4) is 11.3 Å². The Labute approximate surface area is 204 Å². The number of nitrogens with one attached hydrogen (secondary N) is 2. The fourth-order valence-corrected chi connectivity index (χ4v) is 4.82. The average Bonchev–Trinajstić information content (AvgIpc) is 3.40. The highest BCUT2D eigenvalue weighted by Gasteiger charge is 2.31. The van der Waals surface area contributed by atoms with Crippen LogP contribution in [0.1, 0.15) is 61.5 Å². The molecule has 3 N–H and O–H groups in total. The molecule has 0 bridgehead atoms. The first kappa shape index (κ1) is 24.6. The zero-order valence-corrected chi connectivity index (χ0v) is 20.3. The summed E-state index contributed by atoms with van der Waals surface area (Å²) in [6, 6.07) is 4.55. The molecule has 0 spiro atoms. The van der Waals surface area contributed by atoms with Crippen LogP contribution in [0.4, 0.5) is 5.82 Å². The van der Waals surface area contributed by atoms with E-state index in [2.05, 4.69) is 25.8 Å². The topological polar surface area (TPSA) is 127 Å². The van der Waals surface area contributed by atoms with Gasteiger partial charge in [0.15, 0.2) is 0 Å². The Bertz CT molecular complexity index is 1140. The van der Waals surface area contributed by atoms with E-state index in [4.69, 9.17) is 0 Å². The van der Waals surface area contributed by atoms with E-state index >= 15 is 0 Å². The number of anilines is 1. The van der Waals surface area contributed by atoms with E-state index < -0.39 is 6.04 Å². The third kappa shape index (κ3) is 5.59. The molecule has 10 heteroatoms. The number of carbonyl (C=O) groups excluding carboxylic acids is 2. The number of aryl methyl sites for hydroxylation is 2. The number of aliphatic hydroxyl groups excluding tert-OH is 1. The summed E-state index contributed by atoms with van der Waals surface area (Å²) in [6.45, 7) is 2.37. The fraction of sp³-hybridized carbons (Fsp3) is 0.480. The maximum absolute atomic E-state index is 13.4. The first-order valence-corrected chi connectivity index (χ1v) is 12.2. The van der Waals surface area contributed by atoms with Crippen LogP contribution in [0.15, 0.2) is 36.8 Å². The van der Waals surface area contributed by atoms with Crippen LogP contribution < -0.4 is 10.6 Å². The van der Waals surface area contributed by atoms with E-state index in [0.717, 1.165) is 49.8 Å². The summed E-state index contributed by atoms with van der Waals surface area (Å²) in [5.41, 5.74) is 2.70. The Morgan fingerprint density at radius 1 is 1.11 bits per heavy atom. The summed E-state index contributed by atoms with van der Waals surface area (Å²) < 4.78 is 3.30.